The molecule has 2 aromatic rings. The number of nitrogens with zero attached hydrogens (tertiary/aromatic N) is 3. The second kappa shape index (κ2) is 10.3. The van der Waals surface area contributed by atoms with Crippen LogP contribution in [0.15, 0.2) is 53.7 Å². The van der Waals surface area contributed by atoms with E-state index in [0.717, 1.165) is 34.8 Å². The van der Waals surface area contributed by atoms with Gasteiger partial charge in [0.2, 0.25) is 11.8 Å². The summed E-state index contributed by atoms with van der Waals surface area (Å²) < 4.78 is 72.4. The summed E-state index contributed by atoms with van der Waals surface area (Å²) in [6, 6.07) is 2.50. The molecule has 2 N–H and O–H groups in total. The maximum absolute atomic E-state index is 13.9. The number of benzene rings is 1. The highest BCUT2D eigenvalue weighted by atomic mass is 32.5. The summed E-state index contributed by atoms with van der Waals surface area (Å²) in [5.41, 5.74) is -0.0234. The van der Waals surface area contributed by atoms with Gasteiger partial charge in [0, 0.05) is 50.4 Å². The summed E-state index contributed by atoms with van der Waals surface area (Å²) in [7, 11) is -7.19. The maximum atomic E-state index is 13.9. The van der Waals surface area contributed by atoms with Crippen LogP contribution in [0, 0.1) is 0 Å². The molecule has 1 aromatic heterocycles. The van der Waals surface area contributed by atoms with Crippen molar-refractivity contribution in [3.8, 4) is 0 Å². The van der Waals surface area contributed by atoms with Crippen LogP contribution in [0.25, 0.3) is 0 Å². The van der Waals surface area contributed by atoms with Gasteiger partial charge in [-0.05, 0) is 49.6 Å². The summed E-state index contributed by atoms with van der Waals surface area (Å²) >= 11 is 0. The molecule has 1 saturated carbocycles. The van der Waals surface area contributed by atoms with Crippen LogP contribution in [0.5, 0.6) is 0 Å². The van der Waals surface area contributed by atoms with Gasteiger partial charge in [-0.15, -0.1) is 0 Å². The van der Waals surface area contributed by atoms with Gasteiger partial charge in [-0.1, -0.05) is 25.5 Å². The number of hydrogen-bond donors (Lipinski definition) is 2. The Hall–Kier alpha value is -3.30. The second-order valence-electron chi connectivity index (χ2n) is 9.95. The summed E-state index contributed by atoms with van der Waals surface area (Å²) in [6.07, 6.45) is 4.25. The molecule has 1 aliphatic carbocycles. The van der Waals surface area contributed by atoms with Crippen molar-refractivity contribution in [2.45, 2.75) is 48.4 Å². The monoisotopic (exact) mass is 591 g/mol. The number of likely N-dealkylation sites (N-methyl/N-ethyl adjacent to an activating group) is 1. The van der Waals surface area contributed by atoms with Crippen LogP contribution in [0.2, 0.25) is 0 Å². The van der Waals surface area contributed by atoms with E-state index < -0.39 is 44.9 Å². The Bertz CT molecular complexity index is 1260. The summed E-state index contributed by atoms with van der Waals surface area (Å²) in [6.45, 7) is -0.0403. The topological polar surface area (TPSA) is 104 Å². The van der Waals surface area contributed by atoms with E-state index >= 15 is 0 Å². The third-order valence-corrected chi connectivity index (χ3v) is 7.87. The van der Waals surface area contributed by atoms with E-state index in [0.29, 0.717) is 6.54 Å². The lowest BCUT2D eigenvalue weighted by atomic mass is 10.0. The molecule has 3 atom stereocenters. The lowest BCUT2D eigenvalue weighted by molar-refractivity contribution is -0.137. The fourth-order valence-electron chi connectivity index (χ4n) is 4.45. The minimum absolute atomic E-state index is 0.0399. The van der Waals surface area contributed by atoms with Crippen molar-refractivity contribution in [1.29, 1.82) is 0 Å². The molecule has 1 aromatic carbocycles. The number of aromatic nitrogens is 1. The highest BCUT2D eigenvalue weighted by molar-refractivity contribution is 8.45. The van der Waals surface area contributed by atoms with Crippen LogP contribution in [-0.4, -0.2) is 73.0 Å². The van der Waals surface area contributed by atoms with Crippen molar-refractivity contribution in [2.75, 3.05) is 32.1 Å². The van der Waals surface area contributed by atoms with Crippen molar-refractivity contribution in [2.24, 2.45) is 0 Å². The van der Waals surface area contributed by atoms with E-state index in [1.807, 2.05) is 0 Å². The molecule has 0 radical (unpaired) electrons. The third-order valence-electron chi connectivity index (χ3n) is 6.71. The molecule has 4 rings (SSSR count). The Morgan fingerprint density at radius 2 is 1.80 bits per heavy atom. The van der Waals surface area contributed by atoms with E-state index in [2.05, 4.69) is 15.6 Å². The average Bonchev–Trinajstić information content (AvgIpc) is 3.56. The van der Waals surface area contributed by atoms with E-state index in [4.69, 9.17) is 4.74 Å². The Morgan fingerprint density at radius 1 is 1.12 bits per heavy atom. The number of amides is 3. The third kappa shape index (κ3) is 7.06. The molecule has 2 aliphatic rings. The van der Waals surface area contributed by atoms with Crippen LogP contribution < -0.4 is 15.5 Å². The van der Waals surface area contributed by atoms with Gasteiger partial charge in [-0.3, -0.25) is 24.3 Å². The molecule has 15 heteroatoms. The lowest BCUT2D eigenvalue weighted by Gasteiger charge is -2.41. The van der Waals surface area contributed by atoms with Gasteiger partial charge in [0.25, 0.3) is 5.91 Å². The number of nitrogens with one attached hydrogen (secondary N) is 2. The predicted molar refractivity (Wildman–Crippen MR) is 138 cm³/mol. The quantitative estimate of drug-likeness (QED) is 0.406. The van der Waals surface area contributed by atoms with Crippen LogP contribution in [0.3, 0.4) is 0 Å². The fraction of sp³-hybridized carbons (Fsp3) is 0.440. The molecule has 3 unspecified atom stereocenters. The molecule has 1 aliphatic heterocycles. The summed E-state index contributed by atoms with van der Waals surface area (Å²) in [4.78, 5) is 44.1. The van der Waals surface area contributed by atoms with Crippen LogP contribution >= 0.6 is 10.2 Å². The van der Waals surface area contributed by atoms with Crippen molar-refractivity contribution >= 4 is 33.6 Å². The smallest absolute Gasteiger partial charge is 0.310 e. The molecule has 3 amide bonds. The number of methoxy groups -OCH3 is 1. The fourth-order valence-corrected chi connectivity index (χ4v) is 5.10. The number of halogens is 5. The largest absolute Gasteiger partial charge is 0.380 e. The number of rotatable bonds is 10. The molecule has 0 bridgehead atoms. The first-order valence-corrected chi connectivity index (χ1v) is 14.4. The number of ether oxygens (including phenoxy) is 1. The van der Waals surface area contributed by atoms with Crippen molar-refractivity contribution in [3.05, 3.63) is 54.4 Å². The van der Waals surface area contributed by atoms with Gasteiger partial charge in [0.15, 0.2) is 0 Å². The Labute approximate surface area is 227 Å². The van der Waals surface area contributed by atoms with E-state index in [1.165, 1.54) is 38.7 Å². The highest BCUT2D eigenvalue weighted by Gasteiger charge is 2.65. The minimum Gasteiger partial charge on any atom is -0.380 e. The number of carbonyl (C=O) groups excluding carboxylic acids is 3. The van der Waals surface area contributed by atoms with Crippen LogP contribution in [0.1, 0.15) is 30.9 Å². The number of carbonyl (C=O) groups is 3. The van der Waals surface area contributed by atoms with E-state index in [-0.39, 0.29) is 48.5 Å². The van der Waals surface area contributed by atoms with E-state index in [9.17, 15) is 33.8 Å². The zero-order valence-corrected chi connectivity index (χ0v) is 22.6. The molecule has 2 fully saturated rings. The van der Waals surface area contributed by atoms with Gasteiger partial charge in [0.05, 0.1) is 18.7 Å². The SMILES string of the molecule is COC1CNC(C(=O)N(c2ccc(S(F)(F)(F)(F)F)cc2)C(C(=O)N(C)CC(=O)NC2CC2)c2cccnc2)C1. The minimum atomic E-state index is -10.00. The van der Waals surface area contributed by atoms with Crippen molar-refractivity contribution in [3.63, 3.8) is 0 Å². The van der Waals surface area contributed by atoms with Crippen molar-refractivity contribution in [1.82, 2.24) is 20.5 Å². The van der Waals surface area contributed by atoms with Gasteiger partial charge in [0.1, 0.15) is 10.9 Å². The molecular weight excluding hydrogens is 561 g/mol. The Kier molecular flexibility index (Phi) is 7.62. The highest BCUT2D eigenvalue weighted by Crippen LogP contribution is 3.02. The number of pyridine rings is 1. The standard InChI is InChI=1S/C25H30F5N5O4S/c1-34(15-22(36)33-17-5-6-17)25(38)23(16-4-3-11-31-13-16)35(24(37)21-12-19(39-2)14-32-21)18-7-9-20(10-8-18)40(26,27,28,29)30/h3-4,7-11,13,17,19,21,23,32H,5-6,12,14-15H2,1-2H3,(H,33,36). The van der Waals surface area contributed by atoms with Gasteiger partial charge >= 0.3 is 10.2 Å². The molecule has 2 heterocycles. The van der Waals surface area contributed by atoms with Gasteiger partial charge in [-0.2, -0.15) is 0 Å². The molecular formula is C25H30F5N5O4S. The average molecular weight is 592 g/mol. The molecule has 40 heavy (non-hydrogen) atoms. The number of hydrogen-bond acceptors (Lipinski definition) is 6. The summed E-state index contributed by atoms with van der Waals surface area (Å²) in [5.74, 6) is -1.84. The van der Waals surface area contributed by atoms with Crippen molar-refractivity contribution < 1.29 is 38.5 Å². The molecule has 1 saturated heterocycles. The Morgan fingerprint density at radius 3 is 2.33 bits per heavy atom. The zero-order chi connectivity index (χ0) is 29.4. The first kappa shape index (κ1) is 29.7. The summed E-state index contributed by atoms with van der Waals surface area (Å²) in [5, 5.41) is 5.74. The first-order valence-electron chi connectivity index (χ1n) is 12.4. The molecule has 9 nitrogen and oxygen atoms in total. The molecule has 220 valence electrons. The van der Waals surface area contributed by atoms with Crippen LogP contribution in [0.4, 0.5) is 25.1 Å². The predicted octanol–water partition coefficient (Wildman–Crippen LogP) is 3.93. The normalized spacial score (nSPS) is 21.6. The van der Waals surface area contributed by atoms with Crippen LogP contribution in [-0.2, 0) is 19.1 Å². The zero-order valence-electron chi connectivity index (χ0n) is 21.7. The lowest BCUT2D eigenvalue weighted by Crippen LogP contribution is -2.51. The van der Waals surface area contributed by atoms with Gasteiger partial charge < -0.3 is 20.3 Å². The van der Waals surface area contributed by atoms with E-state index in [1.54, 1.807) is 0 Å². The maximum Gasteiger partial charge on any atom is 0.310 e. The Balaban J connectivity index is 1.76. The van der Waals surface area contributed by atoms with Gasteiger partial charge in [-0.25, -0.2) is 0 Å². The first-order chi connectivity index (χ1) is 18.6. The number of anilines is 1. The second-order valence-corrected chi connectivity index (χ2v) is 12.4. The molecule has 0 spiro atoms.